The Bertz CT molecular complexity index is 550. The number of aromatic nitrogens is 4. The van der Waals surface area contributed by atoms with E-state index in [0.717, 1.165) is 16.7 Å². The summed E-state index contributed by atoms with van der Waals surface area (Å²) in [6, 6.07) is 5.93. The van der Waals surface area contributed by atoms with Gasteiger partial charge in [-0.25, -0.2) is 9.67 Å². The quantitative estimate of drug-likeness (QED) is 0.626. The fraction of sp³-hybridized carbons (Fsp3) is 0. The summed E-state index contributed by atoms with van der Waals surface area (Å²) in [6.07, 6.45) is 7.33. The van der Waals surface area contributed by atoms with Crippen molar-refractivity contribution in [2.45, 2.75) is 0 Å². The fourth-order valence-corrected chi connectivity index (χ4v) is 1.48. The minimum absolute atomic E-state index is 0.904. The average Bonchev–Trinajstić information content (AvgIpc) is 2.88. The van der Waals surface area contributed by atoms with Gasteiger partial charge in [-0.2, -0.15) is 5.10 Å². The molecular formula is C10H8N4. The lowest BCUT2D eigenvalue weighted by Crippen LogP contribution is -1.94. The number of nitrogens with zero attached hydrogens (tertiary/aromatic N) is 3. The zero-order chi connectivity index (χ0) is 9.38. The number of rotatable bonds is 1. The molecule has 0 aromatic carbocycles. The molecule has 0 atom stereocenters. The normalized spacial score (nSPS) is 10.9. The molecule has 0 radical (unpaired) electrons. The number of pyridine rings is 1. The Balaban J connectivity index is 2.23. The summed E-state index contributed by atoms with van der Waals surface area (Å²) < 4.78 is 1.79. The molecule has 0 aliphatic heterocycles. The lowest BCUT2D eigenvalue weighted by molar-refractivity contribution is 0.877. The summed E-state index contributed by atoms with van der Waals surface area (Å²) in [4.78, 5) is 7.33. The second-order valence-corrected chi connectivity index (χ2v) is 3.06. The standard InChI is InChI=1S/C10H8N4/c1-3-13-14(5-1)9-6-8-2-4-11-10(8)12-7-9/h1-7H,(H,11,12). The Morgan fingerprint density at radius 3 is 3.21 bits per heavy atom. The molecule has 3 aromatic heterocycles. The van der Waals surface area contributed by atoms with Gasteiger partial charge in [0.1, 0.15) is 5.65 Å². The average molecular weight is 184 g/mol. The Morgan fingerprint density at radius 1 is 1.36 bits per heavy atom. The van der Waals surface area contributed by atoms with Crippen molar-refractivity contribution in [1.29, 1.82) is 0 Å². The molecule has 0 aliphatic rings. The zero-order valence-corrected chi connectivity index (χ0v) is 7.38. The van der Waals surface area contributed by atoms with Crippen molar-refractivity contribution < 1.29 is 0 Å². The van der Waals surface area contributed by atoms with Crippen LogP contribution in [-0.2, 0) is 0 Å². The van der Waals surface area contributed by atoms with Crippen molar-refractivity contribution in [2.75, 3.05) is 0 Å². The van der Waals surface area contributed by atoms with Crippen molar-refractivity contribution in [3.63, 3.8) is 0 Å². The summed E-state index contributed by atoms with van der Waals surface area (Å²) in [5, 5.41) is 5.24. The number of hydrogen-bond donors (Lipinski definition) is 1. The highest BCUT2D eigenvalue weighted by Gasteiger charge is 1.99. The highest BCUT2D eigenvalue weighted by Crippen LogP contribution is 2.13. The molecule has 4 nitrogen and oxygen atoms in total. The maximum absolute atomic E-state index is 4.28. The van der Waals surface area contributed by atoms with E-state index < -0.39 is 0 Å². The summed E-state index contributed by atoms with van der Waals surface area (Å²) in [6.45, 7) is 0. The lowest BCUT2D eigenvalue weighted by Gasteiger charge is -1.99. The third-order valence-corrected chi connectivity index (χ3v) is 2.15. The van der Waals surface area contributed by atoms with E-state index in [9.17, 15) is 0 Å². The van der Waals surface area contributed by atoms with E-state index in [0.29, 0.717) is 0 Å². The number of H-pyrrole nitrogens is 1. The van der Waals surface area contributed by atoms with Crippen molar-refractivity contribution in [1.82, 2.24) is 19.7 Å². The molecule has 3 aromatic rings. The predicted molar refractivity (Wildman–Crippen MR) is 53.2 cm³/mol. The van der Waals surface area contributed by atoms with Crippen molar-refractivity contribution in [3.05, 3.63) is 43.0 Å². The highest BCUT2D eigenvalue weighted by molar-refractivity contribution is 5.77. The van der Waals surface area contributed by atoms with Gasteiger partial charge < -0.3 is 4.98 Å². The van der Waals surface area contributed by atoms with Gasteiger partial charge in [0.2, 0.25) is 0 Å². The van der Waals surface area contributed by atoms with Crippen LogP contribution in [0.25, 0.3) is 16.7 Å². The van der Waals surface area contributed by atoms with E-state index in [-0.39, 0.29) is 0 Å². The first-order valence-corrected chi connectivity index (χ1v) is 4.37. The SMILES string of the molecule is c1cnn(-c2cnc3[nH]ccc3c2)c1. The first-order chi connectivity index (χ1) is 6.93. The van der Waals surface area contributed by atoms with Crippen LogP contribution in [0.5, 0.6) is 0 Å². The van der Waals surface area contributed by atoms with Gasteiger partial charge in [-0.15, -0.1) is 0 Å². The van der Waals surface area contributed by atoms with Gasteiger partial charge in [0.25, 0.3) is 0 Å². The summed E-state index contributed by atoms with van der Waals surface area (Å²) in [5.41, 5.74) is 1.88. The highest BCUT2D eigenvalue weighted by atomic mass is 15.3. The van der Waals surface area contributed by atoms with Crippen LogP contribution in [-0.4, -0.2) is 19.7 Å². The predicted octanol–water partition coefficient (Wildman–Crippen LogP) is 1.75. The first-order valence-electron chi connectivity index (χ1n) is 4.37. The molecule has 1 N–H and O–H groups in total. The van der Waals surface area contributed by atoms with E-state index in [1.165, 1.54) is 0 Å². The van der Waals surface area contributed by atoms with Crippen LogP contribution in [0.3, 0.4) is 0 Å². The fourth-order valence-electron chi connectivity index (χ4n) is 1.48. The van der Waals surface area contributed by atoms with Gasteiger partial charge in [0, 0.05) is 24.0 Å². The van der Waals surface area contributed by atoms with Crippen LogP contribution in [0.4, 0.5) is 0 Å². The van der Waals surface area contributed by atoms with Gasteiger partial charge in [-0.1, -0.05) is 0 Å². The molecule has 3 heterocycles. The van der Waals surface area contributed by atoms with Crippen LogP contribution in [0.2, 0.25) is 0 Å². The molecule has 0 unspecified atom stereocenters. The molecule has 0 saturated heterocycles. The number of nitrogens with one attached hydrogen (secondary N) is 1. The van der Waals surface area contributed by atoms with Gasteiger partial charge in [0.15, 0.2) is 0 Å². The second kappa shape index (κ2) is 2.70. The summed E-state index contributed by atoms with van der Waals surface area (Å²) in [7, 11) is 0. The molecule has 0 bridgehead atoms. The third kappa shape index (κ3) is 1.01. The van der Waals surface area contributed by atoms with Crippen LogP contribution in [0.1, 0.15) is 0 Å². The lowest BCUT2D eigenvalue weighted by atomic mass is 10.3. The molecule has 4 heteroatoms. The Kier molecular flexibility index (Phi) is 1.41. The smallest absolute Gasteiger partial charge is 0.137 e. The minimum Gasteiger partial charge on any atom is -0.346 e. The number of aromatic amines is 1. The molecule has 0 saturated carbocycles. The Hall–Kier alpha value is -2.10. The van der Waals surface area contributed by atoms with Crippen LogP contribution in [0, 0.1) is 0 Å². The maximum Gasteiger partial charge on any atom is 0.137 e. The molecule has 0 amide bonds. The summed E-state index contributed by atoms with van der Waals surface area (Å²) >= 11 is 0. The van der Waals surface area contributed by atoms with Gasteiger partial charge in [-0.05, 0) is 18.2 Å². The van der Waals surface area contributed by atoms with Crippen LogP contribution >= 0.6 is 0 Å². The van der Waals surface area contributed by atoms with E-state index in [1.807, 2.05) is 30.6 Å². The monoisotopic (exact) mass is 184 g/mol. The Morgan fingerprint density at radius 2 is 2.36 bits per heavy atom. The largest absolute Gasteiger partial charge is 0.346 e. The van der Waals surface area contributed by atoms with Crippen LogP contribution in [0.15, 0.2) is 43.0 Å². The topological polar surface area (TPSA) is 46.5 Å². The second-order valence-electron chi connectivity index (χ2n) is 3.06. The van der Waals surface area contributed by atoms with Crippen LogP contribution < -0.4 is 0 Å². The number of hydrogen-bond acceptors (Lipinski definition) is 2. The third-order valence-electron chi connectivity index (χ3n) is 2.15. The van der Waals surface area contributed by atoms with Crippen molar-refractivity contribution >= 4 is 11.0 Å². The molecule has 3 rings (SSSR count). The molecule has 0 spiro atoms. The van der Waals surface area contributed by atoms with Gasteiger partial charge >= 0.3 is 0 Å². The van der Waals surface area contributed by atoms with E-state index >= 15 is 0 Å². The minimum atomic E-state index is 0.904. The van der Waals surface area contributed by atoms with E-state index in [1.54, 1.807) is 17.1 Å². The molecular weight excluding hydrogens is 176 g/mol. The van der Waals surface area contributed by atoms with Gasteiger partial charge in [0.05, 0.1) is 11.9 Å². The van der Waals surface area contributed by atoms with E-state index in [2.05, 4.69) is 15.1 Å². The van der Waals surface area contributed by atoms with Gasteiger partial charge in [-0.3, -0.25) is 0 Å². The Labute approximate surface area is 80.2 Å². The molecule has 0 aliphatic carbocycles. The first kappa shape index (κ1) is 7.32. The molecule has 68 valence electrons. The summed E-state index contributed by atoms with van der Waals surface area (Å²) in [5.74, 6) is 0. The van der Waals surface area contributed by atoms with Crippen molar-refractivity contribution in [2.24, 2.45) is 0 Å². The maximum atomic E-state index is 4.28. The van der Waals surface area contributed by atoms with E-state index in [4.69, 9.17) is 0 Å². The molecule has 0 fully saturated rings. The molecule has 14 heavy (non-hydrogen) atoms. The number of fused-ring (bicyclic) bond motifs is 1. The zero-order valence-electron chi connectivity index (χ0n) is 7.38. The van der Waals surface area contributed by atoms with Crippen molar-refractivity contribution in [3.8, 4) is 5.69 Å².